The fourth-order valence-electron chi connectivity index (χ4n) is 2.31. The van der Waals surface area contributed by atoms with Crippen molar-refractivity contribution in [2.24, 2.45) is 11.7 Å². The number of rotatable bonds is 6. The van der Waals surface area contributed by atoms with E-state index in [1.807, 2.05) is 24.1 Å². The molecule has 1 aromatic heterocycles. The van der Waals surface area contributed by atoms with E-state index in [-0.39, 0.29) is 11.9 Å². The molecular formula is C14H21N3O. The van der Waals surface area contributed by atoms with E-state index in [1.54, 1.807) is 12.4 Å². The summed E-state index contributed by atoms with van der Waals surface area (Å²) in [6.45, 7) is 0.572. The summed E-state index contributed by atoms with van der Waals surface area (Å²) >= 11 is 0. The van der Waals surface area contributed by atoms with Crippen LogP contribution >= 0.6 is 0 Å². The maximum atomic E-state index is 12.1. The lowest BCUT2D eigenvalue weighted by Gasteiger charge is -2.27. The van der Waals surface area contributed by atoms with E-state index in [1.165, 1.54) is 12.8 Å². The van der Waals surface area contributed by atoms with E-state index >= 15 is 0 Å². The van der Waals surface area contributed by atoms with Gasteiger partial charge in [0.2, 0.25) is 5.91 Å². The summed E-state index contributed by atoms with van der Waals surface area (Å²) in [4.78, 5) is 17.9. The topological polar surface area (TPSA) is 59.2 Å². The molecule has 0 saturated heterocycles. The highest BCUT2D eigenvalue weighted by Crippen LogP contribution is 2.34. The van der Waals surface area contributed by atoms with Crippen LogP contribution in [0.4, 0.5) is 0 Å². The molecular weight excluding hydrogens is 226 g/mol. The first-order chi connectivity index (χ1) is 8.72. The van der Waals surface area contributed by atoms with E-state index < -0.39 is 0 Å². The van der Waals surface area contributed by atoms with Crippen LogP contribution in [-0.2, 0) is 11.2 Å². The van der Waals surface area contributed by atoms with Gasteiger partial charge in [0, 0.05) is 38.4 Å². The smallest absolute Gasteiger partial charge is 0.222 e. The quantitative estimate of drug-likeness (QED) is 0.822. The van der Waals surface area contributed by atoms with Crippen molar-refractivity contribution in [2.45, 2.75) is 31.7 Å². The number of aryl methyl sites for hydroxylation is 1. The average Bonchev–Trinajstić information content (AvgIpc) is 3.22. The first-order valence-corrected chi connectivity index (χ1v) is 6.57. The fourth-order valence-corrected chi connectivity index (χ4v) is 2.31. The number of amides is 1. The lowest BCUT2D eigenvalue weighted by Crippen LogP contribution is -2.43. The molecule has 0 aromatic carbocycles. The molecule has 4 nitrogen and oxygen atoms in total. The summed E-state index contributed by atoms with van der Waals surface area (Å²) in [6, 6.07) is 4.14. The fraction of sp³-hybridized carbons (Fsp3) is 0.571. The van der Waals surface area contributed by atoms with Crippen molar-refractivity contribution in [3.05, 3.63) is 30.1 Å². The number of carbonyl (C=O) groups is 1. The second kappa shape index (κ2) is 5.96. The Balaban J connectivity index is 1.83. The van der Waals surface area contributed by atoms with Crippen LogP contribution < -0.4 is 5.73 Å². The van der Waals surface area contributed by atoms with Crippen molar-refractivity contribution in [1.82, 2.24) is 9.88 Å². The third kappa shape index (κ3) is 3.29. The second-order valence-electron chi connectivity index (χ2n) is 5.00. The van der Waals surface area contributed by atoms with Gasteiger partial charge in [-0.15, -0.1) is 0 Å². The minimum atomic E-state index is 0.189. The largest absolute Gasteiger partial charge is 0.341 e. The maximum absolute atomic E-state index is 12.1. The zero-order valence-electron chi connectivity index (χ0n) is 10.9. The van der Waals surface area contributed by atoms with E-state index in [2.05, 4.69) is 4.98 Å². The minimum absolute atomic E-state index is 0.189. The van der Waals surface area contributed by atoms with Crippen LogP contribution in [0.3, 0.4) is 0 Å². The number of nitrogens with two attached hydrogens (primary N) is 1. The number of hydrogen-bond donors (Lipinski definition) is 1. The Hall–Kier alpha value is -1.42. The third-order valence-corrected chi connectivity index (χ3v) is 3.68. The molecule has 0 spiro atoms. The molecule has 2 N–H and O–H groups in total. The van der Waals surface area contributed by atoms with Crippen LogP contribution in [0.25, 0.3) is 0 Å². The second-order valence-corrected chi connectivity index (χ2v) is 5.00. The molecule has 0 radical (unpaired) electrons. The molecule has 1 fully saturated rings. The van der Waals surface area contributed by atoms with Gasteiger partial charge in [0.1, 0.15) is 0 Å². The van der Waals surface area contributed by atoms with E-state index in [0.29, 0.717) is 18.9 Å². The van der Waals surface area contributed by atoms with Gasteiger partial charge in [0.05, 0.1) is 0 Å². The minimum Gasteiger partial charge on any atom is -0.341 e. The number of nitrogens with zero attached hydrogens (tertiary/aromatic N) is 2. The maximum Gasteiger partial charge on any atom is 0.222 e. The molecule has 98 valence electrons. The van der Waals surface area contributed by atoms with Crippen LogP contribution in [0, 0.1) is 5.92 Å². The third-order valence-electron chi connectivity index (χ3n) is 3.68. The van der Waals surface area contributed by atoms with Crippen LogP contribution in [-0.4, -0.2) is 35.4 Å². The van der Waals surface area contributed by atoms with Gasteiger partial charge in [-0.25, -0.2) is 0 Å². The Morgan fingerprint density at radius 3 is 2.72 bits per heavy atom. The first kappa shape index (κ1) is 13.0. The molecule has 0 bridgehead atoms. The highest BCUT2D eigenvalue weighted by molar-refractivity contribution is 5.76. The summed E-state index contributed by atoms with van der Waals surface area (Å²) in [5.41, 5.74) is 6.91. The molecule has 1 heterocycles. The Labute approximate surface area is 108 Å². The summed E-state index contributed by atoms with van der Waals surface area (Å²) in [5, 5.41) is 0. The summed E-state index contributed by atoms with van der Waals surface area (Å²) in [7, 11) is 1.88. The molecule has 18 heavy (non-hydrogen) atoms. The van der Waals surface area contributed by atoms with Crippen molar-refractivity contribution in [1.29, 1.82) is 0 Å². The Morgan fingerprint density at radius 2 is 2.17 bits per heavy atom. The van der Waals surface area contributed by atoms with Gasteiger partial charge in [-0.3, -0.25) is 9.78 Å². The highest BCUT2D eigenvalue weighted by Gasteiger charge is 2.34. The lowest BCUT2D eigenvalue weighted by molar-refractivity contribution is -0.132. The lowest BCUT2D eigenvalue weighted by atomic mass is 10.1. The predicted molar refractivity (Wildman–Crippen MR) is 70.9 cm³/mol. The molecule has 1 atom stereocenters. The van der Waals surface area contributed by atoms with Crippen LogP contribution in [0.1, 0.15) is 24.8 Å². The standard InChI is InChI=1S/C14H21N3O/c1-17(13(10-15)12-3-4-12)14(18)5-2-11-6-8-16-9-7-11/h6-9,12-13H,2-5,10,15H2,1H3. The van der Waals surface area contributed by atoms with Gasteiger partial charge in [0.15, 0.2) is 0 Å². The molecule has 1 aromatic rings. The normalized spacial score (nSPS) is 16.3. The van der Waals surface area contributed by atoms with Gasteiger partial charge in [0.25, 0.3) is 0 Å². The molecule has 1 amide bonds. The van der Waals surface area contributed by atoms with Gasteiger partial charge in [-0.1, -0.05) is 0 Å². The van der Waals surface area contributed by atoms with Crippen molar-refractivity contribution in [2.75, 3.05) is 13.6 Å². The Kier molecular flexibility index (Phi) is 4.31. The molecule has 1 saturated carbocycles. The van der Waals surface area contributed by atoms with E-state index in [4.69, 9.17) is 5.73 Å². The Morgan fingerprint density at radius 1 is 1.50 bits per heavy atom. The molecule has 1 aliphatic rings. The van der Waals surface area contributed by atoms with Crippen molar-refractivity contribution >= 4 is 5.91 Å². The Bertz CT molecular complexity index is 389. The molecule has 0 aliphatic heterocycles. The number of hydrogen-bond acceptors (Lipinski definition) is 3. The predicted octanol–water partition coefficient (Wildman–Crippen LogP) is 1.21. The zero-order valence-corrected chi connectivity index (χ0v) is 10.9. The number of carbonyl (C=O) groups excluding carboxylic acids is 1. The van der Waals surface area contributed by atoms with E-state index in [9.17, 15) is 4.79 Å². The summed E-state index contributed by atoms with van der Waals surface area (Å²) < 4.78 is 0. The van der Waals surface area contributed by atoms with E-state index in [0.717, 1.165) is 12.0 Å². The first-order valence-electron chi connectivity index (χ1n) is 6.57. The van der Waals surface area contributed by atoms with Crippen molar-refractivity contribution < 1.29 is 4.79 Å². The van der Waals surface area contributed by atoms with Crippen molar-refractivity contribution in [3.63, 3.8) is 0 Å². The summed E-state index contributed by atoms with van der Waals surface area (Å²) in [5.74, 6) is 0.819. The van der Waals surface area contributed by atoms with Gasteiger partial charge in [-0.05, 0) is 42.9 Å². The summed E-state index contributed by atoms with van der Waals surface area (Å²) in [6.07, 6.45) is 7.26. The average molecular weight is 247 g/mol. The monoisotopic (exact) mass is 247 g/mol. The van der Waals surface area contributed by atoms with Gasteiger partial charge < -0.3 is 10.6 Å². The zero-order chi connectivity index (χ0) is 13.0. The molecule has 2 rings (SSSR count). The van der Waals surface area contributed by atoms with Crippen LogP contribution in [0.5, 0.6) is 0 Å². The molecule has 1 unspecified atom stereocenters. The van der Waals surface area contributed by atoms with Gasteiger partial charge in [-0.2, -0.15) is 0 Å². The highest BCUT2D eigenvalue weighted by atomic mass is 16.2. The number of likely N-dealkylation sites (N-methyl/N-ethyl adjacent to an activating group) is 1. The molecule has 1 aliphatic carbocycles. The number of aromatic nitrogens is 1. The van der Waals surface area contributed by atoms with Crippen LogP contribution in [0.2, 0.25) is 0 Å². The SMILES string of the molecule is CN(C(=O)CCc1ccncc1)C(CN)C1CC1. The molecule has 4 heteroatoms. The van der Waals surface area contributed by atoms with Crippen molar-refractivity contribution in [3.8, 4) is 0 Å². The van der Waals surface area contributed by atoms with Gasteiger partial charge >= 0.3 is 0 Å². The number of pyridine rings is 1. The van der Waals surface area contributed by atoms with Crippen LogP contribution in [0.15, 0.2) is 24.5 Å².